The van der Waals surface area contributed by atoms with Crippen LogP contribution in [0.15, 0.2) is 24.3 Å². The third-order valence-electron chi connectivity index (χ3n) is 4.28. The molecule has 3 N–H and O–H groups in total. The number of carbonyl (C=O) groups is 2. The molecule has 1 fully saturated rings. The van der Waals surface area contributed by atoms with E-state index in [4.69, 9.17) is 19.7 Å². The SMILES string of the molecule is O=C(O)C(F)(F)F.O=C(O)CCNCc1ccc(OCCC2CCCC2)cc1. The zero-order valence-electron chi connectivity index (χ0n) is 15.5. The van der Waals surface area contributed by atoms with Crippen molar-refractivity contribution >= 4 is 11.9 Å². The molecule has 0 radical (unpaired) electrons. The second-order valence-electron chi connectivity index (χ2n) is 6.55. The average Bonchev–Trinajstić information content (AvgIpc) is 3.13. The van der Waals surface area contributed by atoms with E-state index in [9.17, 15) is 18.0 Å². The molecule has 158 valence electrons. The van der Waals surface area contributed by atoms with Gasteiger partial charge in [-0.1, -0.05) is 37.8 Å². The molecule has 0 aromatic heterocycles. The number of aliphatic carboxylic acids is 2. The molecule has 0 amide bonds. The van der Waals surface area contributed by atoms with Gasteiger partial charge in [0.05, 0.1) is 13.0 Å². The molecule has 0 unspecified atom stereocenters. The van der Waals surface area contributed by atoms with E-state index in [1.54, 1.807) is 0 Å². The summed E-state index contributed by atoms with van der Waals surface area (Å²) in [7, 11) is 0. The van der Waals surface area contributed by atoms with Crippen LogP contribution in [0.3, 0.4) is 0 Å². The van der Waals surface area contributed by atoms with Gasteiger partial charge in [-0.3, -0.25) is 4.79 Å². The molecule has 0 spiro atoms. The lowest BCUT2D eigenvalue weighted by Gasteiger charge is -2.11. The fourth-order valence-electron chi connectivity index (χ4n) is 2.77. The number of ether oxygens (including phenoxy) is 1. The first-order valence-corrected chi connectivity index (χ1v) is 9.13. The third-order valence-corrected chi connectivity index (χ3v) is 4.28. The normalized spacial score (nSPS) is 14.2. The summed E-state index contributed by atoms with van der Waals surface area (Å²) >= 11 is 0. The summed E-state index contributed by atoms with van der Waals surface area (Å²) in [5.41, 5.74) is 1.14. The molecule has 1 aliphatic carbocycles. The van der Waals surface area contributed by atoms with Crippen LogP contribution in [-0.4, -0.2) is 41.5 Å². The van der Waals surface area contributed by atoms with Gasteiger partial charge in [0.1, 0.15) is 5.75 Å². The number of carboxylic acids is 2. The molecule has 0 aliphatic heterocycles. The van der Waals surface area contributed by atoms with Gasteiger partial charge in [0.15, 0.2) is 0 Å². The van der Waals surface area contributed by atoms with Crippen LogP contribution in [0, 0.1) is 5.92 Å². The number of carboxylic acid groups (broad SMARTS) is 2. The van der Waals surface area contributed by atoms with Crippen LogP contribution in [0.2, 0.25) is 0 Å². The highest BCUT2D eigenvalue weighted by Crippen LogP contribution is 2.27. The van der Waals surface area contributed by atoms with E-state index in [1.807, 2.05) is 24.3 Å². The predicted molar refractivity (Wildman–Crippen MR) is 96.2 cm³/mol. The Labute approximate surface area is 161 Å². The van der Waals surface area contributed by atoms with Crippen molar-refractivity contribution in [2.45, 2.75) is 51.2 Å². The van der Waals surface area contributed by atoms with E-state index in [1.165, 1.54) is 32.1 Å². The molecule has 28 heavy (non-hydrogen) atoms. The van der Waals surface area contributed by atoms with Gasteiger partial charge in [-0.2, -0.15) is 13.2 Å². The number of nitrogens with one attached hydrogen (secondary N) is 1. The number of hydrogen-bond donors (Lipinski definition) is 3. The van der Waals surface area contributed by atoms with Crippen molar-refractivity contribution in [2.24, 2.45) is 5.92 Å². The van der Waals surface area contributed by atoms with E-state index < -0.39 is 18.1 Å². The Kier molecular flexibility index (Phi) is 10.4. The second-order valence-corrected chi connectivity index (χ2v) is 6.55. The number of rotatable bonds is 9. The van der Waals surface area contributed by atoms with Crippen LogP contribution >= 0.6 is 0 Å². The number of alkyl halides is 3. The zero-order valence-corrected chi connectivity index (χ0v) is 15.5. The van der Waals surface area contributed by atoms with Crippen LogP contribution in [0.25, 0.3) is 0 Å². The summed E-state index contributed by atoms with van der Waals surface area (Å²) in [6.45, 7) is 1.99. The van der Waals surface area contributed by atoms with Crippen molar-refractivity contribution < 1.29 is 37.7 Å². The van der Waals surface area contributed by atoms with E-state index in [2.05, 4.69) is 5.32 Å². The molecule has 1 aromatic rings. The number of hydrogen-bond acceptors (Lipinski definition) is 4. The van der Waals surface area contributed by atoms with Crippen LogP contribution in [0.5, 0.6) is 5.75 Å². The first-order chi connectivity index (χ1) is 13.2. The fourth-order valence-corrected chi connectivity index (χ4v) is 2.77. The summed E-state index contributed by atoms with van der Waals surface area (Å²) < 4.78 is 37.5. The molecule has 0 bridgehead atoms. The van der Waals surface area contributed by atoms with Gasteiger partial charge in [-0.15, -0.1) is 0 Å². The molecular weight excluding hydrogens is 379 g/mol. The van der Waals surface area contributed by atoms with Gasteiger partial charge in [-0.05, 0) is 30.0 Å². The second kappa shape index (κ2) is 12.2. The summed E-state index contributed by atoms with van der Waals surface area (Å²) in [6, 6.07) is 8.03. The molecular formula is C19H26F3NO5. The zero-order chi connectivity index (χ0) is 21.0. The van der Waals surface area contributed by atoms with E-state index in [0.717, 1.165) is 23.8 Å². The molecule has 1 saturated carbocycles. The van der Waals surface area contributed by atoms with Crippen molar-refractivity contribution in [3.05, 3.63) is 29.8 Å². The van der Waals surface area contributed by atoms with E-state index >= 15 is 0 Å². The Hall–Kier alpha value is -2.29. The highest BCUT2D eigenvalue weighted by molar-refractivity contribution is 5.73. The summed E-state index contributed by atoms with van der Waals surface area (Å²) in [5.74, 6) is -1.74. The fraction of sp³-hybridized carbons (Fsp3) is 0.579. The quantitative estimate of drug-likeness (QED) is 0.540. The summed E-state index contributed by atoms with van der Waals surface area (Å²) in [6.07, 6.45) is 1.73. The number of benzene rings is 1. The molecule has 1 aliphatic rings. The van der Waals surface area contributed by atoms with Crippen LogP contribution in [0.1, 0.15) is 44.1 Å². The maximum atomic E-state index is 10.6. The Morgan fingerprint density at radius 1 is 1.11 bits per heavy atom. The summed E-state index contributed by atoms with van der Waals surface area (Å²) in [5, 5.41) is 18.8. The molecule has 6 nitrogen and oxygen atoms in total. The molecule has 0 heterocycles. The first-order valence-electron chi connectivity index (χ1n) is 9.13. The first kappa shape index (κ1) is 23.7. The lowest BCUT2D eigenvalue weighted by atomic mass is 10.1. The van der Waals surface area contributed by atoms with Crippen molar-refractivity contribution in [3.8, 4) is 5.75 Å². The maximum Gasteiger partial charge on any atom is 0.490 e. The van der Waals surface area contributed by atoms with Crippen molar-refractivity contribution in [1.82, 2.24) is 5.32 Å². The Balaban J connectivity index is 0.000000480. The van der Waals surface area contributed by atoms with Crippen molar-refractivity contribution in [1.29, 1.82) is 0 Å². The molecule has 0 atom stereocenters. The minimum absolute atomic E-state index is 0.155. The smallest absolute Gasteiger partial charge is 0.490 e. The van der Waals surface area contributed by atoms with Gasteiger partial charge in [-0.25, -0.2) is 4.79 Å². The maximum absolute atomic E-state index is 10.6. The lowest BCUT2D eigenvalue weighted by molar-refractivity contribution is -0.192. The van der Waals surface area contributed by atoms with Gasteiger partial charge in [0.2, 0.25) is 0 Å². The van der Waals surface area contributed by atoms with Gasteiger partial charge in [0.25, 0.3) is 0 Å². The van der Waals surface area contributed by atoms with Gasteiger partial charge >= 0.3 is 18.1 Å². The van der Waals surface area contributed by atoms with Crippen LogP contribution < -0.4 is 10.1 Å². The third kappa shape index (κ3) is 10.8. The Morgan fingerprint density at radius 3 is 2.18 bits per heavy atom. The van der Waals surface area contributed by atoms with E-state index in [-0.39, 0.29) is 6.42 Å². The number of halogens is 3. The lowest BCUT2D eigenvalue weighted by Crippen LogP contribution is -2.21. The molecule has 1 aromatic carbocycles. The standard InChI is InChI=1S/C17H25NO3.C2HF3O2/c19-17(20)9-11-18-13-15-5-7-16(8-6-15)21-12-10-14-3-1-2-4-14;3-2(4,5)1(6)7/h5-8,14,18H,1-4,9-13H2,(H,19,20);(H,6,7). The minimum Gasteiger partial charge on any atom is -0.494 e. The predicted octanol–water partition coefficient (Wildman–Crippen LogP) is 3.84. The van der Waals surface area contributed by atoms with Gasteiger partial charge < -0.3 is 20.3 Å². The highest BCUT2D eigenvalue weighted by atomic mass is 19.4. The van der Waals surface area contributed by atoms with Crippen molar-refractivity contribution in [2.75, 3.05) is 13.2 Å². The minimum atomic E-state index is -5.08. The molecule has 9 heteroatoms. The van der Waals surface area contributed by atoms with Crippen molar-refractivity contribution in [3.63, 3.8) is 0 Å². The van der Waals surface area contributed by atoms with Crippen LogP contribution in [-0.2, 0) is 16.1 Å². The Morgan fingerprint density at radius 2 is 1.68 bits per heavy atom. The Bertz CT molecular complexity index is 599. The van der Waals surface area contributed by atoms with Crippen LogP contribution in [0.4, 0.5) is 13.2 Å². The van der Waals surface area contributed by atoms with Gasteiger partial charge in [0, 0.05) is 13.1 Å². The highest BCUT2D eigenvalue weighted by Gasteiger charge is 2.38. The monoisotopic (exact) mass is 405 g/mol. The summed E-state index contributed by atoms with van der Waals surface area (Å²) in [4.78, 5) is 19.3. The largest absolute Gasteiger partial charge is 0.494 e. The topological polar surface area (TPSA) is 95.9 Å². The van der Waals surface area contributed by atoms with E-state index in [0.29, 0.717) is 13.1 Å². The molecule has 2 rings (SSSR count). The molecule has 0 saturated heterocycles. The average molecular weight is 405 g/mol.